The van der Waals surface area contributed by atoms with Crippen molar-refractivity contribution >= 4 is 54.8 Å². The smallest absolute Gasteiger partial charge is 0.186 e. The lowest BCUT2D eigenvalue weighted by Gasteiger charge is -2.31. The number of hydrogen-bond donors (Lipinski definition) is 0. The lowest BCUT2D eigenvalue weighted by atomic mass is 9.72. The molecule has 0 spiro atoms. The predicted molar refractivity (Wildman–Crippen MR) is 213 cm³/mol. The zero-order valence-corrected chi connectivity index (χ0v) is 34.5. The first-order valence-corrected chi connectivity index (χ1v) is 18.3. The van der Waals surface area contributed by atoms with Crippen LogP contribution in [-0.2, 0) is 9.59 Å². The Kier molecular flexibility index (Phi) is 11.4. The number of azo groups is 2. The van der Waals surface area contributed by atoms with Crippen molar-refractivity contribution in [2.24, 2.45) is 42.1 Å². The molecule has 0 saturated carbocycles. The maximum Gasteiger partial charge on any atom is 0.186 e. The quantitative estimate of drug-likeness (QED) is 0.282. The largest absolute Gasteiger partial charge is 0.289 e. The van der Waals surface area contributed by atoms with Crippen molar-refractivity contribution in [3.63, 3.8) is 0 Å². The van der Waals surface area contributed by atoms with E-state index in [1.54, 1.807) is 12.4 Å². The first kappa shape index (κ1) is 39.2. The van der Waals surface area contributed by atoms with Gasteiger partial charge in [-0.15, -0.1) is 0 Å². The van der Waals surface area contributed by atoms with Crippen LogP contribution in [0.25, 0.3) is 11.1 Å². The molecule has 50 heavy (non-hydrogen) atoms. The molecule has 0 radical (unpaired) electrons. The van der Waals surface area contributed by atoms with E-state index in [-0.39, 0.29) is 33.2 Å². The molecule has 0 N–H and O–H groups in total. The Morgan fingerprint density at radius 2 is 0.760 bits per heavy atom. The summed E-state index contributed by atoms with van der Waals surface area (Å²) < 4.78 is 1.75. The summed E-state index contributed by atoms with van der Waals surface area (Å²) in [5.41, 5.74) is 6.31. The molecule has 8 heteroatoms. The first-order valence-electron chi connectivity index (χ1n) is 16.8. The van der Waals surface area contributed by atoms with E-state index in [0.717, 1.165) is 53.5 Å². The number of carbonyl (C=O) groups excluding carboxylic acids is 2. The van der Waals surface area contributed by atoms with Gasteiger partial charge in [0.25, 0.3) is 0 Å². The van der Waals surface area contributed by atoms with E-state index in [1.165, 1.54) is 0 Å². The number of carbonyl (C=O) groups is 2. The fourth-order valence-electron chi connectivity index (χ4n) is 5.62. The number of ketones is 2. The van der Waals surface area contributed by atoms with Crippen LogP contribution >= 0.6 is 31.9 Å². The van der Waals surface area contributed by atoms with Crippen LogP contribution in [0, 0.1) is 21.7 Å². The zero-order chi connectivity index (χ0) is 37.4. The molecular weight excluding hydrogens is 752 g/mol. The van der Waals surface area contributed by atoms with E-state index in [9.17, 15) is 9.59 Å². The third kappa shape index (κ3) is 9.38. The van der Waals surface area contributed by atoms with Crippen LogP contribution < -0.4 is 0 Å². The van der Waals surface area contributed by atoms with Crippen LogP contribution in [-0.4, -0.2) is 11.6 Å². The molecule has 0 fully saturated rings. The van der Waals surface area contributed by atoms with Gasteiger partial charge >= 0.3 is 0 Å². The van der Waals surface area contributed by atoms with Gasteiger partial charge in [0.05, 0.1) is 23.8 Å². The second-order valence-electron chi connectivity index (χ2n) is 16.9. The normalized spacial score (nSPS) is 16.5. The summed E-state index contributed by atoms with van der Waals surface area (Å²) in [5, 5.41) is 18.3. The average molecular weight is 801 g/mol. The highest BCUT2D eigenvalue weighted by Crippen LogP contribution is 2.42. The Balaban J connectivity index is 1.77. The van der Waals surface area contributed by atoms with Gasteiger partial charge in [-0.05, 0) is 93.5 Å². The molecule has 2 aliphatic carbocycles. The summed E-state index contributed by atoms with van der Waals surface area (Å²) in [6.45, 7) is 24.6. The molecule has 0 saturated heterocycles. The number of Topliss-reactive ketones (excluding diaryl/α,β-unsaturated/α-hetero) is 2. The van der Waals surface area contributed by atoms with E-state index >= 15 is 0 Å². The van der Waals surface area contributed by atoms with E-state index in [4.69, 9.17) is 0 Å². The topological polar surface area (TPSA) is 83.6 Å². The number of benzene rings is 2. The van der Waals surface area contributed by atoms with Crippen LogP contribution in [0.1, 0.15) is 83.1 Å². The molecule has 4 rings (SSSR count). The number of allylic oxidation sites excluding steroid dienone is 10. The van der Waals surface area contributed by atoms with Gasteiger partial charge in [0.15, 0.2) is 11.6 Å². The summed E-state index contributed by atoms with van der Waals surface area (Å²) in [6.07, 6.45) is 11.1. The van der Waals surface area contributed by atoms with Crippen LogP contribution in [0.3, 0.4) is 0 Å². The van der Waals surface area contributed by atoms with Gasteiger partial charge in [-0.1, -0.05) is 115 Å². The summed E-state index contributed by atoms with van der Waals surface area (Å²) in [6, 6.07) is 11.6. The Labute approximate surface area is 314 Å². The molecule has 2 aliphatic rings. The molecule has 0 aliphatic heterocycles. The Hall–Kier alpha value is -3.62. The van der Waals surface area contributed by atoms with Crippen LogP contribution in [0.2, 0.25) is 0 Å². The van der Waals surface area contributed by atoms with Gasteiger partial charge < -0.3 is 0 Å². The van der Waals surface area contributed by atoms with Crippen molar-refractivity contribution in [3.05, 3.63) is 115 Å². The predicted octanol–water partition coefficient (Wildman–Crippen LogP) is 13.9. The highest BCUT2D eigenvalue weighted by molar-refractivity contribution is 9.10. The summed E-state index contributed by atoms with van der Waals surface area (Å²) >= 11 is 7.26. The Morgan fingerprint density at radius 1 is 0.480 bits per heavy atom. The SMILES string of the molecule is CC(C)(C)C1=CC(=CN=Nc2ccc(Br)cc2-c2cc(Br)ccc2N=NC=C2C=C(C(C)(C)C)C(=O)C(C(C)(C)C)=C2)C=C(C(C)(C)C)C1=O. The van der Waals surface area contributed by atoms with E-state index in [0.29, 0.717) is 11.4 Å². The second kappa shape index (κ2) is 14.5. The monoisotopic (exact) mass is 798 g/mol. The number of halogens is 2. The molecule has 2 aromatic rings. The van der Waals surface area contributed by atoms with Crippen molar-refractivity contribution in [1.82, 2.24) is 0 Å². The molecule has 0 unspecified atom stereocenters. The second-order valence-corrected chi connectivity index (χ2v) is 18.7. The van der Waals surface area contributed by atoms with Gasteiger partial charge in [-0.25, -0.2) is 0 Å². The molecule has 0 amide bonds. The van der Waals surface area contributed by atoms with Crippen molar-refractivity contribution in [2.75, 3.05) is 0 Å². The maximum absolute atomic E-state index is 13.4. The number of nitrogens with zero attached hydrogens (tertiary/aromatic N) is 4. The minimum atomic E-state index is -0.316. The molecule has 262 valence electrons. The molecule has 6 nitrogen and oxygen atoms in total. The van der Waals surface area contributed by atoms with Gasteiger partial charge in [-0.3, -0.25) is 9.59 Å². The van der Waals surface area contributed by atoms with Gasteiger partial charge in [-0.2, -0.15) is 20.5 Å². The zero-order valence-electron chi connectivity index (χ0n) is 31.3. The minimum absolute atomic E-state index is 0.0783. The van der Waals surface area contributed by atoms with E-state index < -0.39 is 0 Å². The van der Waals surface area contributed by atoms with Crippen molar-refractivity contribution in [2.45, 2.75) is 83.1 Å². The highest BCUT2D eigenvalue weighted by atomic mass is 79.9. The average Bonchev–Trinajstić information content (AvgIpc) is 2.97. The van der Waals surface area contributed by atoms with Gasteiger partial charge in [0.2, 0.25) is 0 Å². The fourth-order valence-corrected chi connectivity index (χ4v) is 6.34. The molecule has 0 bridgehead atoms. The lowest BCUT2D eigenvalue weighted by molar-refractivity contribution is -0.114. The summed E-state index contributed by atoms with van der Waals surface area (Å²) in [4.78, 5) is 26.7. The lowest BCUT2D eigenvalue weighted by Crippen LogP contribution is -2.27. The highest BCUT2D eigenvalue weighted by Gasteiger charge is 2.35. The fraction of sp³-hybridized carbons (Fsp3) is 0.381. The molecule has 0 heterocycles. The Bertz CT molecular complexity index is 1760. The Morgan fingerprint density at radius 3 is 1.02 bits per heavy atom. The first-order chi connectivity index (χ1) is 23.0. The van der Waals surface area contributed by atoms with Gasteiger partial charge in [0.1, 0.15) is 0 Å². The molecule has 0 atom stereocenters. The van der Waals surface area contributed by atoms with Crippen molar-refractivity contribution < 1.29 is 9.59 Å². The number of rotatable bonds is 5. The van der Waals surface area contributed by atoms with Crippen LogP contribution in [0.15, 0.2) is 136 Å². The minimum Gasteiger partial charge on any atom is -0.289 e. The summed E-state index contributed by atoms with van der Waals surface area (Å²) in [7, 11) is 0. The van der Waals surface area contributed by atoms with Crippen molar-refractivity contribution in [3.8, 4) is 11.1 Å². The van der Waals surface area contributed by atoms with Crippen molar-refractivity contribution in [1.29, 1.82) is 0 Å². The van der Waals surface area contributed by atoms with E-state index in [2.05, 4.69) is 135 Å². The standard InChI is InChI=1S/C42H48Br2N4O2/c1-39(2,3)31-17-25(18-32(37(31)49)40(4,5)6)23-45-47-35-15-13-27(43)21-29(35)30-22-28(44)14-16-36(30)48-46-24-26-19-33(41(7,8)9)38(50)34(20-26)42(10,11)12/h13-24H,1-12H3. The van der Waals surface area contributed by atoms with Crippen LogP contribution in [0.4, 0.5) is 11.4 Å². The molecule has 2 aromatic carbocycles. The number of hydrogen-bond acceptors (Lipinski definition) is 6. The van der Waals surface area contributed by atoms with Gasteiger partial charge in [0, 0.05) is 42.4 Å². The summed E-state index contributed by atoms with van der Waals surface area (Å²) in [5.74, 6) is 0.157. The maximum atomic E-state index is 13.4. The van der Waals surface area contributed by atoms with E-state index in [1.807, 2.05) is 60.7 Å². The van der Waals surface area contributed by atoms with Crippen LogP contribution in [0.5, 0.6) is 0 Å². The molecule has 0 aromatic heterocycles. The third-order valence-electron chi connectivity index (χ3n) is 8.41. The molecular formula is C42H48Br2N4O2. The third-order valence-corrected chi connectivity index (χ3v) is 9.39.